The van der Waals surface area contributed by atoms with Crippen molar-refractivity contribution in [3.8, 4) is 5.75 Å². The molecule has 2 rings (SSSR count). The molecular formula is C12H16N2O2. The number of hydrogen-bond donors (Lipinski definition) is 1. The first-order valence-corrected chi connectivity index (χ1v) is 5.42. The van der Waals surface area contributed by atoms with Gasteiger partial charge in [0, 0.05) is 5.56 Å². The number of benzene rings is 1. The van der Waals surface area contributed by atoms with Crippen LogP contribution in [0.4, 0.5) is 0 Å². The van der Waals surface area contributed by atoms with Gasteiger partial charge in [0.1, 0.15) is 11.9 Å². The van der Waals surface area contributed by atoms with Gasteiger partial charge in [0.15, 0.2) is 0 Å². The number of ether oxygens (including phenoxy) is 1. The summed E-state index contributed by atoms with van der Waals surface area (Å²) in [6.45, 7) is 3.34. The van der Waals surface area contributed by atoms with Crippen molar-refractivity contribution in [1.82, 2.24) is 10.2 Å². The molecule has 1 fully saturated rings. The Bertz CT molecular complexity index is 392. The molecule has 86 valence electrons. The minimum Gasteiger partial charge on any atom is -0.496 e. The number of amides is 1. The highest BCUT2D eigenvalue weighted by Gasteiger charge is 2.31. The quantitative estimate of drug-likeness (QED) is 0.830. The van der Waals surface area contributed by atoms with E-state index in [9.17, 15) is 4.79 Å². The SMILES string of the molecule is CCN1CC(=O)NC1c1ccccc1OC. The van der Waals surface area contributed by atoms with Crippen molar-refractivity contribution in [3.05, 3.63) is 29.8 Å². The zero-order valence-corrected chi connectivity index (χ0v) is 9.56. The van der Waals surface area contributed by atoms with E-state index in [2.05, 4.69) is 10.2 Å². The highest BCUT2D eigenvalue weighted by atomic mass is 16.5. The molecule has 0 spiro atoms. The first-order valence-electron chi connectivity index (χ1n) is 5.42. The van der Waals surface area contributed by atoms with Crippen molar-refractivity contribution in [2.45, 2.75) is 13.1 Å². The van der Waals surface area contributed by atoms with Crippen LogP contribution >= 0.6 is 0 Å². The summed E-state index contributed by atoms with van der Waals surface area (Å²) < 4.78 is 5.31. The lowest BCUT2D eigenvalue weighted by atomic mass is 10.1. The summed E-state index contributed by atoms with van der Waals surface area (Å²) in [5, 5.41) is 2.95. The molecule has 1 N–H and O–H groups in total. The lowest BCUT2D eigenvalue weighted by molar-refractivity contribution is -0.118. The van der Waals surface area contributed by atoms with Gasteiger partial charge in [-0.05, 0) is 12.6 Å². The van der Waals surface area contributed by atoms with E-state index in [0.29, 0.717) is 6.54 Å². The molecular weight excluding hydrogens is 204 g/mol. The second-order valence-electron chi connectivity index (χ2n) is 3.78. The van der Waals surface area contributed by atoms with Crippen molar-refractivity contribution >= 4 is 5.91 Å². The Balaban J connectivity index is 2.32. The van der Waals surface area contributed by atoms with Crippen molar-refractivity contribution in [1.29, 1.82) is 0 Å². The molecule has 1 aromatic rings. The molecule has 1 aliphatic heterocycles. The highest BCUT2D eigenvalue weighted by molar-refractivity contribution is 5.80. The van der Waals surface area contributed by atoms with Gasteiger partial charge in [-0.15, -0.1) is 0 Å². The number of nitrogens with one attached hydrogen (secondary N) is 1. The maximum atomic E-state index is 11.4. The minimum atomic E-state index is -0.0614. The maximum absolute atomic E-state index is 11.4. The Morgan fingerprint density at radius 1 is 1.50 bits per heavy atom. The van der Waals surface area contributed by atoms with Gasteiger partial charge in [0.25, 0.3) is 0 Å². The summed E-state index contributed by atoms with van der Waals surface area (Å²) in [6.07, 6.45) is -0.0614. The zero-order valence-electron chi connectivity index (χ0n) is 9.56. The van der Waals surface area contributed by atoms with E-state index < -0.39 is 0 Å². The first kappa shape index (κ1) is 11.0. The average Bonchev–Trinajstić information content (AvgIpc) is 2.70. The van der Waals surface area contributed by atoms with Crippen LogP contribution in [-0.2, 0) is 4.79 Å². The predicted molar refractivity (Wildman–Crippen MR) is 61.1 cm³/mol. The van der Waals surface area contributed by atoms with E-state index in [0.717, 1.165) is 17.9 Å². The summed E-state index contributed by atoms with van der Waals surface area (Å²) in [5.74, 6) is 0.880. The standard InChI is InChI=1S/C12H16N2O2/c1-3-14-8-11(15)13-12(14)9-6-4-5-7-10(9)16-2/h4-7,12H,3,8H2,1-2H3,(H,13,15). The summed E-state index contributed by atoms with van der Waals surface area (Å²) in [5.41, 5.74) is 1.01. The molecule has 0 radical (unpaired) electrons. The van der Waals surface area contributed by atoms with Crippen LogP contribution < -0.4 is 10.1 Å². The van der Waals surface area contributed by atoms with Crippen molar-refractivity contribution in [3.63, 3.8) is 0 Å². The Morgan fingerprint density at radius 3 is 2.94 bits per heavy atom. The van der Waals surface area contributed by atoms with Crippen LogP contribution in [0.5, 0.6) is 5.75 Å². The van der Waals surface area contributed by atoms with Gasteiger partial charge in [-0.3, -0.25) is 9.69 Å². The van der Waals surface area contributed by atoms with Crippen LogP contribution in [-0.4, -0.2) is 31.0 Å². The van der Waals surface area contributed by atoms with Gasteiger partial charge < -0.3 is 10.1 Å². The van der Waals surface area contributed by atoms with Gasteiger partial charge in [-0.1, -0.05) is 25.1 Å². The fourth-order valence-corrected chi connectivity index (χ4v) is 2.03. The number of rotatable bonds is 3. The minimum absolute atomic E-state index is 0.0614. The molecule has 1 saturated heterocycles. The fourth-order valence-electron chi connectivity index (χ4n) is 2.03. The Hall–Kier alpha value is -1.55. The van der Waals surface area contributed by atoms with E-state index in [1.165, 1.54) is 0 Å². The van der Waals surface area contributed by atoms with Crippen LogP contribution in [0.25, 0.3) is 0 Å². The third-order valence-electron chi connectivity index (χ3n) is 2.85. The van der Waals surface area contributed by atoms with Crippen LogP contribution in [0, 0.1) is 0 Å². The van der Waals surface area contributed by atoms with E-state index in [-0.39, 0.29) is 12.1 Å². The number of hydrogen-bond acceptors (Lipinski definition) is 3. The van der Waals surface area contributed by atoms with Crippen LogP contribution in [0.1, 0.15) is 18.7 Å². The van der Waals surface area contributed by atoms with E-state index in [4.69, 9.17) is 4.74 Å². The molecule has 1 atom stereocenters. The first-order chi connectivity index (χ1) is 7.76. The lowest BCUT2D eigenvalue weighted by Crippen LogP contribution is -2.27. The molecule has 1 heterocycles. The fraction of sp³-hybridized carbons (Fsp3) is 0.417. The lowest BCUT2D eigenvalue weighted by Gasteiger charge is -2.23. The third kappa shape index (κ3) is 1.88. The number of para-hydroxylation sites is 1. The second kappa shape index (κ2) is 4.53. The van der Waals surface area contributed by atoms with Gasteiger partial charge in [-0.25, -0.2) is 0 Å². The third-order valence-corrected chi connectivity index (χ3v) is 2.85. The van der Waals surface area contributed by atoms with Crippen molar-refractivity contribution < 1.29 is 9.53 Å². The van der Waals surface area contributed by atoms with E-state index in [1.807, 2.05) is 31.2 Å². The smallest absolute Gasteiger partial charge is 0.235 e. The van der Waals surface area contributed by atoms with E-state index >= 15 is 0 Å². The number of carbonyl (C=O) groups excluding carboxylic acids is 1. The molecule has 1 aromatic carbocycles. The molecule has 16 heavy (non-hydrogen) atoms. The van der Waals surface area contributed by atoms with E-state index in [1.54, 1.807) is 7.11 Å². The maximum Gasteiger partial charge on any atom is 0.235 e. The van der Waals surface area contributed by atoms with Crippen molar-refractivity contribution in [2.24, 2.45) is 0 Å². The van der Waals surface area contributed by atoms with Gasteiger partial charge in [0.2, 0.25) is 5.91 Å². The van der Waals surface area contributed by atoms with Crippen LogP contribution in [0.15, 0.2) is 24.3 Å². The Kier molecular flexibility index (Phi) is 3.10. The number of methoxy groups -OCH3 is 1. The monoisotopic (exact) mass is 220 g/mol. The summed E-state index contributed by atoms with van der Waals surface area (Å²) in [4.78, 5) is 13.5. The normalized spacial score (nSPS) is 20.9. The largest absolute Gasteiger partial charge is 0.496 e. The topological polar surface area (TPSA) is 41.6 Å². The highest BCUT2D eigenvalue weighted by Crippen LogP contribution is 2.29. The predicted octanol–water partition coefficient (Wildman–Crippen LogP) is 1.15. The number of carbonyl (C=O) groups is 1. The van der Waals surface area contributed by atoms with Crippen molar-refractivity contribution in [2.75, 3.05) is 20.2 Å². The summed E-state index contributed by atoms with van der Waals surface area (Å²) >= 11 is 0. The molecule has 0 aliphatic carbocycles. The van der Waals surface area contributed by atoms with Crippen LogP contribution in [0.3, 0.4) is 0 Å². The van der Waals surface area contributed by atoms with Crippen LogP contribution in [0.2, 0.25) is 0 Å². The molecule has 1 unspecified atom stereocenters. The molecule has 0 bridgehead atoms. The van der Waals surface area contributed by atoms with Gasteiger partial charge in [0.05, 0.1) is 13.7 Å². The number of likely N-dealkylation sites (N-methyl/N-ethyl adjacent to an activating group) is 1. The molecule has 1 amide bonds. The molecule has 0 aromatic heterocycles. The zero-order chi connectivity index (χ0) is 11.5. The summed E-state index contributed by atoms with van der Waals surface area (Å²) in [7, 11) is 1.64. The Labute approximate surface area is 95.2 Å². The number of nitrogens with zero attached hydrogens (tertiary/aromatic N) is 1. The van der Waals surface area contributed by atoms with Gasteiger partial charge >= 0.3 is 0 Å². The molecule has 4 nitrogen and oxygen atoms in total. The Morgan fingerprint density at radius 2 is 2.25 bits per heavy atom. The van der Waals surface area contributed by atoms with Gasteiger partial charge in [-0.2, -0.15) is 0 Å². The molecule has 0 saturated carbocycles. The molecule has 4 heteroatoms. The average molecular weight is 220 g/mol. The summed E-state index contributed by atoms with van der Waals surface area (Å²) in [6, 6.07) is 7.77. The second-order valence-corrected chi connectivity index (χ2v) is 3.78. The molecule has 1 aliphatic rings.